The lowest BCUT2D eigenvalue weighted by Crippen LogP contribution is -2.14. The Balaban J connectivity index is 2.34. The Bertz CT molecular complexity index is 774. The van der Waals surface area contributed by atoms with Gasteiger partial charge in [0.1, 0.15) is 5.82 Å². The van der Waals surface area contributed by atoms with Gasteiger partial charge in [-0.1, -0.05) is 0 Å². The minimum Gasteiger partial charge on any atom is -0.465 e. The van der Waals surface area contributed by atoms with E-state index < -0.39 is 28.3 Å². The van der Waals surface area contributed by atoms with Gasteiger partial charge in [0.2, 0.25) is 0 Å². The highest BCUT2D eigenvalue weighted by Gasteiger charge is 2.18. The molecule has 0 atom stereocenters. The van der Waals surface area contributed by atoms with Crippen molar-refractivity contribution in [2.24, 2.45) is 0 Å². The fraction of sp³-hybridized carbons (Fsp3) is 0.0667. The molecule has 23 heavy (non-hydrogen) atoms. The predicted molar refractivity (Wildman–Crippen MR) is 78.8 cm³/mol. The molecule has 2 rings (SSSR count). The molecule has 1 amide bonds. The molecule has 1 N–H and O–H groups in total. The van der Waals surface area contributed by atoms with Crippen LogP contribution in [0.1, 0.15) is 20.7 Å². The van der Waals surface area contributed by atoms with Crippen LogP contribution in [-0.2, 0) is 4.74 Å². The van der Waals surface area contributed by atoms with E-state index in [2.05, 4.69) is 10.1 Å². The Hall–Kier alpha value is -3.29. The molecule has 0 aliphatic rings. The topological polar surface area (TPSA) is 98.5 Å². The number of nitro groups is 1. The van der Waals surface area contributed by atoms with Crippen LogP contribution in [0.2, 0.25) is 0 Å². The first-order chi connectivity index (χ1) is 10.9. The minimum absolute atomic E-state index is 0.0936. The molecule has 118 valence electrons. The van der Waals surface area contributed by atoms with Crippen LogP contribution in [0.4, 0.5) is 15.8 Å². The van der Waals surface area contributed by atoms with Crippen molar-refractivity contribution in [3.8, 4) is 0 Å². The number of rotatable bonds is 4. The molecule has 0 aliphatic heterocycles. The van der Waals surface area contributed by atoms with Crippen molar-refractivity contribution in [2.45, 2.75) is 0 Å². The van der Waals surface area contributed by atoms with Crippen molar-refractivity contribution in [1.29, 1.82) is 0 Å². The third-order valence-corrected chi connectivity index (χ3v) is 2.91. The van der Waals surface area contributed by atoms with Crippen LogP contribution >= 0.6 is 0 Å². The standard InChI is InChI=1S/C15H11FN2O5/c1-23-15(20)10-6-9(7-13(8-10)18(21)22)14(19)17-12-4-2-11(16)3-5-12/h2-8H,1H3,(H,17,19). The number of non-ortho nitro benzene ring substituents is 1. The zero-order valence-electron chi connectivity index (χ0n) is 11.9. The zero-order valence-corrected chi connectivity index (χ0v) is 11.9. The fourth-order valence-corrected chi connectivity index (χ4v) is 1.82. The molecule has 0 bridgehead atoms. The van der Waals surface area contributed by atoms with Crippen molar-refractivity contribution >= 4 is 23.3 Å². The van der Waals surface area contributed by atoms with Gasteiger partial charge in [-0.3, -0.25) is 14.9 Å². The summed E-state index contributed by atoms with van der Waals surface area (Å²) < 4.78 is 17.3. The van der Waals surface area contributed by atoms with E-state index in [1.807, 2.05) is 0 Å². The quantitative estimate of drug-likeness (QED) is 0.531. The first-order valence-electron chi connectivity index (χ1n) is 6.35. The molecule has 0 radical (unpaired) electrons. The van der Waals surface area contributed by atoms with Crippen LogP contribution in [0.3, 0.4) is 0 Å². The highest BCUT2D eigenvalue weighted by molar-refractivity contribution is 6.06. The summed E-state index contributed by atoms with van der Waals surface area (Å²) in [4.78, 5) is 33.9. The maximum absolute atomic E-state index is 12.8. The third-order valence-electron chi connectivity index (χ3n) is 2.91. The van der Waals surface area contributed by atoms with Gasteiger partial charge in [0.25, 0.3) is 11.6 Å². The summed E-state index contributed by atoms with van der Waals surface area (Å²) in [5, 5.41) is 13.4. The molecule has 0 spiro atoms. The maximum Gasteiger partial charge on any atom is 0.338 e. The summed E-state index contributed by atoms with van der Waals surface area (Å²) in [6.45, 7) is 0. The number of carbonyl (C=O) groups excluding carboxylic acids is 2. The SMILES string of the molecule is COC(=O)c1cc(C(=O)Nc2ccc(F)cc2)cc([N+](=O)[O-])c1. The first-order valence-corrected chi connectivity index (χ1v) is 6.35. The number of hydrogen-bond acceptors (Lipinski definition) is 5. The van der Waals surface area contributed by atoms with Crippen LogP contribution in [0.15, 0.2) is 42.5 Å². The van der Waals surface area contributed by atoms with Crippen molar-refractivity contribution < 1.29 is 23.6 Å². The fourth-order valence-electron chi connectivity index (χ4n) is 1.82. The van der Waals surface area contributed by atoms with Crippen molar-refractivity contribution in [2.75, 3.05) is 12.4 Å². The number of nitrogens with one attached hydrogen (secondary N) is 1. The number of carbonyl (C=O) groups is 2. The Morgan fingerprint density at radius 3 is 2.30 bits per heavy atom. The number of halogens is 1. The lowest BCUT2D eigenvalue weighted by Gasteiger charge is -2.07. The van der Waals surface area contributed by atoms with E-state index in [-0.39, 0.29) is 11.1 Å². The van der Waals surface area contributed by atoms with Crippen molar-refractivity contribution in [3.05, 3.63) is 69.5 Å². The molecule has 0 fully saturated rings. The molecule has 2 aromatic carbocycles. The maximum atomic E-state index is 12.8. The predicted octanol–water partition coefficient (Wildman–Crippen LogP) is 2.77. The molecule has 8 heteroatoms. The van der Waals surface area contributed by atoms with E-state index in [1.54, 1.807) is 0 Å². The number of nitro benzene ring substituents is 1. The number of esters is 1. The number of hydrogen-bond donors (Lipinski definition) is 1. The van der Waals surface area contributed by atoms with Gasteiger partial charge in [0, 0.05) is 23.4 Å². The smallest absolute Gasteiger partial charge is 0.338 e. The van der Waals surface area contributed by atoms with Crippen molar-refractivity contribution in [3.63, 3.8) is 0 Å². The second-order valence-corrected chi connectivity index (χ2v) is 4.48. The van der Waals surface area contributed by atoms with E-state index in [4.69, 9.17) is 0 Å². The van der Waals surface area contributed by atoms with Gasteiger partial charge < -0.3 is 10.1 Å². The molecule has 0 aliphatic carbocycles. The number of ether oxygens (including phenoxy) is 1. The molecular weight excluding hydrogens is 307 g/mol. The Morgan fingerprint density at radius 1 is 1.13 bits per heavy atom. The Labute approximate surface area is 129 Å². The molecule has 2 aromatic rings. The molecule has 0 heterocycles. The van der Waals surface area contributed by atoms with Crippen LogP contribution in [0, 0.1) is 15.9 Å². The number of benzene rings is 2. The van der Waals surface area contributed by atoms with E-state index in [0.717, 1.165) is 31.4 Å². The summed E-state index contributed by atoms with van der Waals surface area (Å²) in [6.07, 6.45) is 0. The van der Waals surface area contributed by atoms with Gasteiger partial charge in [-0.2, -0.15) is 0 Å². The van der Waals surface area contributed by atoms with E-state index >= 15 is 0 Å². The zero-order chi connectivity index (χ0) is 17.0. The van der Waals surface area contributed by atoms with E-state index in [1.165, 1.54) is 18.2 Å². The Morgan fingerprint density at radius 2 is 1.74 bits per heavy atom. The summed E-state index contributed by atoms with van der Waals surface area (Å²) in [6, 6.07) is 8.22. The average Bonchev–Trinajstić information content (AvgIpc) is 2.55. The largest absolute Gasteiger partial charge is 0.465 e. The third kappa shape index (κ3) is 3.88. The molecule has 0 aromatic heterocycles. The van der Waals surface area contributed by atoms with Gasteiger partial charge in [-0.05, 0) is 30.3 Å². The summed E-state index contributed by atoms with van der Waals surface area (Å²) in [5.41, 5.74) is -0.324. The average molecular weight is 318 g/mol. The minimum atomic E-state index is -0.801. The second kappa shape index (κ2) is 6.65. The molecule has 0 unspecified atom stereocenters. The summed E-state index contributed by atoms with van der Waals surface area (Å²) in [5.74, 6) is -1.94. The highest BCUT2D eigenvalue weighted by atomic mass is 19.1. The number of anilines is 1. The normalized spacial score (nSPS) is 10.0. The number of amides is 1. The van der Waals surface area contributed by atoms with Gasteiger partial charge in [-0.15, -0.1) is 0 Å². The van der Waals surface area contributed by atoms with Crippen LogP contribution in [0.5, 0.6) is 0 Å². The molecule has 7 nitrogen and oxygen atoms in total. The molecular formula is C15H11FN2O5. The van der Waals surface area contributed by atoms with Gasteiger partial charge in [-0.25, -0.2) is 9.18 Å². The number of nitrogens with zero attached hydrogens (tertiary/aromatic N) is 1. The summed E-state index contributed by atoms with van der Waals surface area (Å²) >= 11 is 0. The van der Waals surface area contributed by atoms with Gasteiger partial charge >= 0.3 is 5.97 Å². The lowest BCUT2D eigenvalue weighted by atomic mass is 10.1. The van der Waals surface area contributed by atoms with Crippen LogP contribution in [-0.4, -0.2) is 23.9 Å². The van der Waals surface area contributed by atoms with Gasteiger partial charge in [0.15, 0.2) is 0 Å². The van der Waals surface area contributed by atoms with Crippen LogP contribution < -0.4 is 5.32 Å². The number of methoxy groups -OCH3 is 1. The molecule has 0 saturated heterocycles. The molecule has 0 saturated carbocycles. The van der Waals surface area contributed by atoms with E-state index in [9.17, 15) is 24.1 Å². The highest BCUT2D eigenvalue weighted by Crippen LogP contribution is 2.19. The summed E-state index contributed by atoms with van der Waals surface area (Å²) in [7, 11) is 1.12. The van der Waals surface area contributed by atoms with Crippen LogP contribution in [0.25, 0.3) is 0 Å². The first kappa shape index (κ1) is 16.1. The Kier molecular flexibility index (Phi) is 4.65. The second-order valence-electron chi connectivity index (χ2n) is 4.48. The van der Waals surface area contributed by atoms with Gasteiger partial charge in [0.05, 0.1) is 17.6 Å². The van der Waals surface area contributed by atoms with Crippen molar-refractivity contribution in [1.82, 2.24) is 0 Å². The lowest BCUT2D eigenvalue weighted by molar-refractivity contribution is -0.384. The van der Waals surface area contributed by atoms with E-state index in [0.29, 0.717) is 5.69 Å². The monoisotopic (exact) mass is 318 g/mol.